The molecule has 1 fully saturated rings. The van der Waals surface area contributed by atoms with Crippen molar-refractivity contribution in [3.05, 3.63) is 29.8 Å². The molecule has 2 unspecified atom stereocenters. The minimum absolute atomic E-state index is 0.200. The van der Waals surface area contributed by atoms with Gasteiger partial charge in [0, 0.05) is 5.69 Å². The van der Waals surface area contributed by atoms with Crippen molar-refractivity contribution in [2.45, 2.75) is 63.5 Å². The molecule has 2 nitrogen and oxygen atoms in total. The lowest BCUT2D eigenvalue weighted by atomic mass is 9.72. The Kier molecular flexibility index (Phi) is 3.53. The summed E-state index contributed by atoms with van der Waals surface area (Å²) >= 11 is 0. The van der Waals surface area contributed by atoms with E-state index < -0.39 is 5.60 Å². The van der Waals surface area contributed by atoms with Crippen LogP contribution in [0.5, 0.6) is 0 Å². The third kappa shape index (κ3) is 2.51. The third-order valence-electron chi connectivity index (χ3n) is 5.19. The Morgan fingerprint density at radius 3 is 2.63 bits per heavy atom. The second kappa shape index (κ2) is 5.16. The van der Waals surface area contributed by atoms with Crippen LogP contribution in [0.4, 0.5) is 5.69 Å². The van der Waals surface area contributed by atoms with Gasteiger partial charge in [-0.05, 0) is 50.2 Å². The minimum Gasteiger partial charge on any atom is -0.388 e. The summed E-state index contributed by atoms with van der Waals surface area (Å²) in [6.07, 6.45) is 8.40. The molecule has 3 rings (SSSR count). The summed E-state index contributed by atoms with van der Waals surface area (Å²) in [5.74, 6) is 0.462. The van der Waals surface area contributed by atoms with Gasteiger partial charge in [0.15, 0.2) is 0 Å². The van der Waals surface area contributed by atoms with Crippen LogP contribution in [0.1, 0.15) is 51.0 Å². The van der Waals surface area contributed by atoms with E-state index in [4.69, 9.17) is 0 Å². The van der Waals surface area contributed by atoms with Gasteiger partial charge in [-0.25, -0.2) is 0 Å². The van der Waals surface area contributed by atoms with E-state index in [0.29, 0.717) is 5.92 Å². The molecular formula is C17H25NO. The number of para-hydroxylation sites is 1. The molecule has 2 aliphatic rings. The Labute approximate surface area is 116 Å². The molecule has 1 aromatic rings. The van der Waals surface area contributed by atoms with E-state index >= 15 is 0 Å². The van der Waals surface area contributed by atoms with Crippen LogP contribution in [-0.2, 0) is 6.42 Å². The lowest BCUT2D eigenvalue weighted by Gasteiger charge is -2.44. The summed E-state index contributed by atoms with van der Waals surface area (Å²) in [5.41, 5.74) is 2.03. The maximum atomic E-state index is 11.0. The number of rotatable bonds is 2. The maximum Gasteiger partial charge on any atom is 0.0847 e. The molecule has 1 aliphatic heterocycles. The van der Waals surface area contributed by atoms with Gasteiger partial charge in [0.1, 0.15) is 0 Å². The first kappa shape index (κ1) is 13.0. The zero-order chi connectivity index (χ0) is 13.3. The predicted octanol–water partition coefficient (Wildman–Crippen LogP) is 3.74. The van der Waals surface area contributed by atoms with E-state index in [1.165, 1.54) is 43.4 Å². The fourth-order valence-corrected chi connectivity index (χ4v) is 3.85. The van der Waals surface area contributed by atoms with Gasteiger partial charge in [-0.15, -0.1) is 0 Å². The average molecular weight is 259 g/mol. The number of fused-ring (bicyclic) bond motifs is 1. The molecule has 0 amide bonds. The number of hydrogen-bond donors (Lipinski definition) is 2. The van der Waals surface area contributed by atoms with Crippen LogP contribution in [-0.4, -0.2) is 16.7 Å². The zero-order valence-corrected chi connectivity index (χ0v) is 11.9. The Balaban J connectivity index is 1.76. The van der Waals surface area contributed by atoms with E-state index in [1.54, 1.807) is 0 Å². The minimum atomic E-state index is -0.575. The molecular weight excluding hydrogens is 234 g/mol. The summed E-state index contributed by atoms with van der Waals surface area (Å²) in [4.78, 5) is 0. The second-order valence-electron chi connectivity index (χ2n) is 6.45. The molecule has 2 heteroatoms. The molecule has 2 N–H and O–H groups in total. The van der Waals surface area contributed by atoms with Crippen molar-refractivity contribution in [2.24, 2.45) is 5.92 Å². The van der Waals surface area contributed by atoms with Crippen molar-refractivity contribution >= 4 is 5.69 Å². The van der Waals surface area contributed by atoms with Crippen molar-refractivity contribution in [3.8, 4) is 0 Å². The van der Waals surface area contributed by atoms with Gasteiger partial charge in [0.2, 0.25) is 0 Å². The lowest BCUT2D eigenvalue weighted by Crippen LogP contribution is -2.52. The highest BCUT2D eigenvalue weighted by molar-refractivity contribution is 5.54. The standard InChI is InChI=1S/C17H25NO/c1-17(19,14-8-3-2-4-9-14)16-12-11-13-7-5-6-10-15(13)18-16/h5-7,10,14,16,18-19H,2-4,8-9,11-12H2,1H3. The number of aliphatic hydroxyl groups is 1. The zero-order valence-electron chi connectivity index (χ0n) is 11.9. The van der Waals surface area contributed by atoms with Crippen LogP contribution in [0.25, 0.3) is 0 Å². The van der Waals surface area contributed by atoms with Crippen molar-refractivity contribution in [1.29, 1.82) is 0 Å². The van der Waals surface area contributed by atoms with Crippen LogP contribution < -0.4 is 5.32 Å². The SMILES string of the molecule is CC(O)(C1CCCCC1)C1CCc2ccccc2N1. The second-order valence-corrected chi connectivity index (χ2v) is 6.45. The van der Waals surface area contributed by atoms with E-state index in [1.807, 2.05) is 0 Å². The normalized spacial score (nSPS) is 27.2. The molecule has 0 saturated heterocycles. The van der Waals surface area contributed by atoms with Crippen molar-refractivity contribution < 1.29 is 5.11 Å². The maximum absolute atomic E-state index is 11.0. The van der Waals surface area contributed by atoms with E-state index in [0.717, 1.165) is 12.8 Å². The van der Waals surface area contributed by atoms with Gasteiger partial charge in [0.25, 0.3) is 0 Å². The molecule has 2 atom stereocenters. The number of hydrogen-bond acceptors (Lipinski definition) is 2. The van der Waals surface area contributed by atoms with E-state index in [-0.39, 0.29) is 6.04 Å². The molecule has 19 heavy (non-hydrogen) atoms. The number of aryl methyl sites for hydroxylation is 1. The van der Waals surface area contributed by atoms with Crippen LogP contribution in [0.15, 0.2) is 24.3 Å². The lowest BCUT2D eigenvalue weighted by molar-refractivity contribution is -0.0348. The fraction of sp³-hybridized carbons (Fsp3) is 0.647. The largest absolute Gasteiger partial charge is 0.388 e. The van der Waals surface area contributed by atoms with Gasteiger partial charge < -0.3 is 10.4 Å². The van der Waals surface area contributed by atoms with Crippen LogP contribution in [0.2, 0.25) is 0 Å². The van der Waals surface area contributed by atoms with E-state index in [9.17, 15) is 5.11 Å². The van der Waals surface area contributed by atoms with E-state index in [2.05, 4.69) is 36.5 Å². The third-order valence-corrected chi connectivity index (χ3v) is 5.19. The van der Waals surface area contributed by atoms with Crippen molar-refractivity contribution in [2.75, 3.05) is 5.32 Å². The first-order valence-corrected chi connectivity index (χ1v) is 7.75. The number of anilines is 1. The molecule has 1 aromatic carbocycles. The number of benzene rings is 1. The predicted molar refractivity (Wildman–Crippen MR) is 79.4 cm³/mol. The highest BCUT2D eigenvalue weighted by atomic mass is 16.3. The molecule has 0 bridgehead atoms. The Morgan fingerprint density at radius 1 is 1.11 bits per heavy atom. The van der Waals surface area contributed by atoms with Gasteiger partial charge >= 0.3 is 0 Å². The molecule has 0 spiro atoms. The van der Waals surface area contributed by atoms with Crippen LogP contribution in [0, 0.1) is 5.92 Å². The molecule has 104 valence electrons. The molecule has 1 aliphatic carbocycles. The highest BCUT2D eigenvalue weighted by Crippen LogP contribution is 2.38. The first-order valence-electron chi connectivity index (χ1n) is 7.75. The molecule has 1 heterocycles. The Hall–Kier alpha value is -1.02. The summed E-state index contributed by atoms with van der Waals surface area (Å²) in [7, 11) is 0. The summed E-state index contributed by atoms with van der Waals surface area (Å²) in [6, 6.07) is 8.70. The average Bonchev–Trinajstić information content (AvgIpc) is 2.47. The van der Waals surface area contributed by atoms with Gasteiger partial charge in [0.05, 0.1) is 11.6 Å². The quantitative estimate of drug-likeness (QED) is 0.848. The topological polar surface area (TPSA) is 32.3 Å². The smallest absolute Gasteiger partial charge is 0.0847 e. The van der Waals surface area contributed by atoms with Gasteiger partial charge in [-0.1, -0.05) is 37.5 Å². The summed E-state index contributed by atoms with van der Waals surface area (Å²) < 4.78 is 0. The molecule has 0 aromatic heterocycles. The fourth-order valence-electron chi connectivity index (χ4n) is 3.85. The van der Waals surface area contributed by atoms with Gasteiger partial charge in [-0.2, -0.15) is 0 Å². The van der Waals surface area contributed by atoms with Crippen LogP contribution in [0.3, 0.4) is 0 Å². The highest BCUT2D eigenvalue weighted by Gasteiger charge is 2.41. The molecule has 1 saturated carbocycles. The summed E-state index contributed by atoms with van der Waals surface area (Å²) in [6.45, 7) is 2.05. The first-order chi connectivity index (χ1) is 9.18. The van der Waals surface area contributed by atoms with Crippen molar-refractivity contribution in [3.63, 3.8) is 0 Å². The molecule has 0 radical (unpaired) electrons. The number of nitrogens with one attached hydrogen (secondary N) is 1. The summed E-state index contributed by atoms with van der Waals surface area (Å²) in [5, 5.41) is 14.6. The Morgan fingerprint density at radius 2 is 1.84 bits per heavy atom. The van der Waals surface area contributed by atoms with Gasteiger partial charge in [-0.3, -0.25) is 0 Å². The Bertz CT molecular complexity index is 435. The van der Waals surface area contributed by atoms with Crippen molar-refractivity contribution in [1.82, 2.24) is 0 Å². The van der Waals surface area contributed by atoms with Crippen LogP contribution >= 0.6 is 0 Å². The monoisotopic (exact) mass is 259 g/mol.